The molecule has 15 heavy (non-hydrogen) atoms. The van der Waals surface area contributed by atoms with Crippen LogP contribution in [0.4, 0.5) is 0 Å². The highest BCUT2D eigenvalue weighted by molar-refractivity contribution is 6.42. The van der Waals surface area contributed by atoms with Gasteiger partial charge in [0.2, 0.25) is 0 Å². The average Bonchev–Trinajstić information content (AvgIpc) is 2.07. The first-order chi connectivity index (χ1) is 7.09. The minimum absolute atomic E-state index is 0.378. The Hall–Kier alpha value is 0.0900. The second-order valence-electron chi connectivity index (χ2n) is 5.07. The summed E-state index contributed by atoms with van der Waals surface area (Å²) >= 11 is 17.9. The van der Waals surface area contributed by atoms with Crippen molar-refractivity contribution in [3.05, 3.63) is 33.8 Å². The number of halogens is 3. The van der Waals surface area contributed by atoms with E-state index in [9.17, 15) is 0 Å². The molecule has 3 aliphatic rings. The molecule has 0 radical (unpaired) electrons. The molecule has 1 aromatic carbocycles. The van der Waals surface area contributed by atoms with E-state index < -0.39 is 0 Å². The summed E-state index contributed by atoms with van der Waals surface area (Å²) in [5, 5.41) is 1.30. The predicted molar refractivity (Wildman–Crippen MR) is 65.1 cm³/mol. The summed E-state index contributed by atoms with van der Waals surface area (Å²) in [5.41, 5.74) is 2.17. The van der Waals surface area contributed by atoms with Crippen molar-refractivity contribution in [2.45, 2.75) is 24.7 Å². The standard InChI is InChI=1S/C12H11Cl3/c13-7-11-4-12(5-11,6-11)8-1-2-9(14)10(15)3-8/h1-3H,4-7H2. The summed E-state index contributed by atoms with van der Waals surface area (Å²) in [4.78, 5) is 0. The van der Waals surface area contributed by atoms with Crippen LogP contribution in [0, 0.1) is 5.41 Å². The molecule has 3 heteroatoms. The molecule has 3 fully saturated rings. The van der Waals surface area contributed by atoms with Gasteiger partial charge in [-0.25, -0.2) is 0 Å². The van der Waals surface area contributed by atoms with Crippen LogP contribution < -0.4 is 0 Å². The molecule has 0 spiro atoms. The lowest BCUT2D eigenvalue weighted by atomic mass is 9.34. The summed E-state index contributed by atoms with van der Waals surface area (Å²) in [6, 6.07) is 6.01. The van der Waals surface area contributed by atoms with E-state index in [4.69, 9.17) is 34.8 Å². The lowest BCUT2D eigenvalue weighted by Crippen LogP contribution is -2.65. The normalized spacial score (nSPS) is 37.0. The molecule has 0 N–H and O–H groups in total. The summed E-state index contributed by atoms with van der Waals surface area (Å²) in [7, 11) is 0. The molecule has 0 amide bonds. The highest BCUT2D eigenvalue weighted by atomic mass is 35.5. The van der Waals surface area contributed by atoms with Gasteiger partial charge < -0.3 is 0 Å². The Morgan fingerprint density at radius 2 is 1.73 bits per heavy atom. The second kappa shape index (κ2) is 3.06. The maximum absolute atomic E-state index is 6.03. The van der Waals surface area contributed by atoms with E-state index >= 15 is 0 Å². The van der Waals surface area contributed by atoms with Crippen LogP contribution in [0.5, 0.6) is 0 Å². The van der Waals surface area contributed by atoms with Gasteiger partial charge in [-0.1, -0.05) is 29.3 Å². The van der Waals surface area contributed by atoms with Gasteiger partial charge in [-0.3, -0.25) is 0 Å². The van der Waals surface area contributed by atoms with Crippen molar-refractivity contribution in [3.8, 4) is 0 Å². The molecule has 0 aromatic heterocycles. The van der Waals surface area contributed by atoms with E-state index in [-0.39, 0.29) is 0 Å². The van der Waals surface area contributed by atoms with Crippen molar-refractivity contribution in [3.63, 3.8) is 0 Å². The van der Waals surface area contributed by atoms with Gasteiger partial charge in [-0.15, -0.1) is 11.6 Å². The van der Waals surface area contributed by atoms with Crippen LogP contribution in [0.3, 0.4) is 0 Å². The van der Waals surface area contributed by atoms with Crippen LogP contribution >= 0.6 is 34.8 Å². The Morgan fingerprint density at radius 1 is 1.07 bits per heavy atom. The van der Waals surface area contributed by atoms with Gasteiger partial charge in [-0.05, 0) is 47.8 Å². The van der Waals surface area contributed by atoms with E-state index in [0.717, 1.165) is 5.88 Å². The van der Waals surface area contributed by atoms with E-state index in [1.165, 1.54) is 24.8 Å². The zero-order valence-corrected chi connectivity index (χ0v) is 10.5. The van der Waals surface area contributed by atoms with Gasteiger partial charge >= 0.3 is 0 Å². The van der Waals surface area contributed by atoms with E-state index in [1.807, 2.05) is 12.1 Å². The van der Waals surface area contributed by atoms with Crippen LogP contribution in [-0.2, 0) is 5.41 Å². The number of hydrogen-bond acceptors (Lipinski definition) is 0. The van der Waals surface area contributed by atoms with Crippen LogP contribution in [0.1, 0.15) is 24.8 Å². The molecule has 0 unspecified atom stereocenters. The maximum Gasteiger partial charge on any atom is 0.0595 e. The zero-order chi connectivity index (χ0) is 10.7. The molecule has 3 aliphatic carbocycles. The first-order valence-corrected chi connectivity index (χ1v) is 6.40. The van der Waals surface area contributed by atoms with Crippen LogP contribution in [0.15, 0.2) is 18.2 Å². The fraction of sp³-hybridized carbons (Fsp3) is 0.500. The van der Waals surface area contributed by atoms with Crippen molar-refractivity contribution in [1.82, 2.24) is 0 Å². The highest BCUT2D eigenvalue weighted by Crippen LogP contribution is 2.74. The lowest BCUT2D eigenvalue weighted by Gasteiger charge is -2.71. The third-order valence-corrected chi connectivity index (χ3v) is 5.26. The van der Waals surface area contributed by atoms with Gasteiger partial charge in [-0.2, -0.15) is 0 Å². The SMILES string of the molecule is ClCC12CC(c3ccc(Cl)c(Cl)c3)(C1)C2. The summed E-state index contributed by atoms with van der Waals surface area (Å²) in [5.74, 6) is 0.802. The third-order valence-electron chi connectivity index (χ3n) is 3.96. The number of benzene rings is 1. The zero-order valence-electron chi connectivity index (χ0n) is 8.19. The summed E-state index contributed by atoms with van der Waals surface area (Å²) in [6.07, 6.45) is 3.67. The fourth-order valence-corrected chi connectivity index (χ4v) is 3.85. The molecule has 1 aromatic rings. The number of alkyl halides is 1. The molecule has 0 nitrogen and oxygen atoms in total. The fourth-order valence-electron chi connectivity index (χ4n) is 3.27. The van der Waals surface area contributed by atoms with Crippen molar-refractivity contribution in [2.75, 3.05) is 5.88 Å². The average molecular weight is 262 g/mol. The minimum atomic E-state index is 0.378. The largest absolute Gasteiger partial charge is 0.126 e. The van der Waals surface area contributed by atoms with Crippen LogP contribution in [0.25, 0.3) is 0 Å². The van der Waals surface area contributed by atoms with Crippen molar-refractivity contribution < 1.29 is 0 Å². The topological polar surface area (TPSA) is 0 Å². The van der Waals surface area contributed by atoms with Crippen molar-refractivity contribution in [2.24, 2.45) is 5.41 Å². The van der Waals surface area contributed by atoms with E-state index in [1.54, 1.807) is 0 Å². The van der Waals surface area contributed by atoms with Crippen LogP contribution in [0.2, 0.25) is 10.0 Å². The highest BCUT2D eigenvalue weighted by Gasteiger charge is 2.67. The molecule has 0 aliphatic heterocycles. The predicted octanol–water partition coefficient (Wildman–Crippen LogP) is 4.65. The molecule has 80 valence electrons. The number of hydrogen-bond donors (Lipinski definition) is 0. The lowest BCUT2D eigenvalue weighted by molar-refractivity contribution is -0.122. The summed E-state index contributed by atoms with van der Waals surface area (Å²) in [6.45, 7) is 0. The molecule has 2 bridgehead atoms. The minimum Gasteiger partial charge on any atom is -0.126 e. The van der Waals surface area contributed by atoms with Crippen LogP contribution in [-0.4, -0.2) is 5.88 Å². The molecule has 0 atom stereocenters. The van der Waals surface area contributed by atoms with Gasteiger partial charge in [0.05, 0.1) is 10.0 Å². The molecular weight excluding hydrogens is 250 g/mol. The Bertz CT molecular complexity index is 405. The van der Waals surface area contributed by atoms with E-state index in [0.29, 0.717) is 20.9 Å². The smallest absolute Gasteiger partial charge is 0.0595 e. The molecule has 0 heterocycles. The van der Waals surface area contributed by atoms with E-state index in [2.05, 4.69) is 6.07 Å². The Kier molecular flexibility index (Phi) is 2.09. The Morgan fingerprint density at radius 3 is 2.27 bits per heavy atom. The molecule has 0 saturated heterocycles. The quantitative estimate of drug-likeness (QED) is 0.680. The molecule has 3 saturated carbocycles. The van der Waals surface area contributed by atoms with Gasteiger partial charge in [0.15, 0.2) is 0 Å². The summed E-state index contributed by atoms with van der Waals surface area (Å²) < 4.78 is 0. The van der Waals surface area contributed by atoms with Gasteiger partial charge in [0.1, 0.15) is 0 Å². The van der Waals surface area contributed by atoms with Gasteiger partial charge in [0, 0.05) is 5.88 Å². The molecular formula is C12H11Cl3. The first kappa shape index (κ1) is 10.3. The molecule has 4 rings (SSSR count). The number of rotatable bonds is 2. The van der Waals surface area contributed by atoms with Crippen molar-refractivity contribution >= 4 is 34.8 Å². The third kappa shape index (κ3) is 1.28. The maximum atomic E-state index is 6.03. The first-order valence-electron chi connectivity index (χ1n) is 5.11. The van der Waals surface area contributed by atoms with Crippen molar-refractivity contribution in [1.29, 1.82) is 0 Å². The Labute approximate surface area is 105 Å². The van der Waals surface area contributed by atoms with Gasteiger partial charge in [0.25, 0.3) is 0 Å². The second-order valence-corrected chi connectivity index (χ2v) is 6.15. The monoisotopic (exact) mass is 260 g/mol. The Balaban J connectivity index is 1.88.